The first-order chi connectivity index (χ1) is 9.58. The van der Waals surface area contributed by atoms with E-state index >= 15 is 0 Å². The number of ether oxygens (including phenoxy) is 2. The highest BCUT2D eigenvalue weighted by Gasteiger charge is 2.21. The van der Waals surface area contributed by atoms with Crippen molar-refractivity contribution >= 4 is 5.97 Å². The van der Waals surface area contributed by atoms with Gasteiger partial charge in [-0.05, 0) is 31.6 Å². The van der Waals surface area contributed by atoms with E-state index in [9.17, 15) is 4.79 Å². The standard InChI is InChI=1S/C14H23N3O3/c1-10(2)9-20-14(18)13-11(3)17(16-15-13)8-12-4-6-19-7-5-12/h10,12H,4-9H2,1-3H3. The molecule has 1 aromatic rings. The molecule has 2 heterocycles. The number of aromatic nitrogens is 3. The number of esters is 1. The summed E-state index contributed by atoms with van der Waals surface area (Å²) in [7, 11) is 0. The highest BCUT2D eigenvalue weighted by molar-refractivity contribution is 5.88. The molecule has 0 aromatic carbocycles. The number of hydrogen-bond donors (Lipinski definition) is 0. The van der Waals surface area contributed by atoms with Crippen molar-refractivity contribution in [3.05, 3.63) is 11.4 Å². The van der Waals surface area contributed by atoms with Crippen LogP contribution in [0.25, 0.3) is 0 Å². The van der Waals surface area contributed by atoms with Crippen LogP contribution in [0.15, 0.2) is 0 Å². The molecule has 112 valence electrons. The summed E-state index contributed by atoms with van der Waals surface area (Å²) in [5, 5.41) is 8.05. The van der Waals surface area contributed by atoms with Gasteiger partial charge in [-0.3, -0.25) is 0 Å². The van der Waals surface area contributed by atoms with Crippen LogP contribution in [0.5, 0.6) is 0 Å². The maximum atomic E-state index is 11.9. The maximum absolute atomic E-state index is 11.9. The van der Waals surface area contributed by atoms with Crippen molar-refractivity contribution in [2.24, 2.45) is 11.8 Å². The minimum Gasteiger partial charge on any atom is -0.461 e. The number of nitrogens with zero attached hydrogens (tertiary/aromatic N) is 3. The van der Waals surface area contributed by atoms with Gasteiger partial charge in [-0.25, -0.2) is 9.48 Å². The number of rotatable bonds is 5. The van der Waals surface area contributed by atoms with E-state index < -0.39 is 0 Å². The van der Waals surface area contributed by atoms with Gasteiger partial charge in [-0.1, -0.05) is 19.1 Å². The molecule has 20 heavy (non-hydrogen) atoms. The average Bonchev–Trinajstić information content (AvgIpc) is 2.79. The first-order valence-corrected chi connectivity index (χ1v) is 7.23. The molecule has 0 unspecified atom stereocenters. The second-order valence-corrected chi connectivity index (χ2v) is 5.75. The Balaban J connectivity index is 1.97. The highest BCUT2D eigenvalue weighted by atomic mass is 16.5. The second kappa shape index (κ2) is 6.83. The molecule has 1 saturated heterocycles. The Kier molecular flexibility index (Phi) is 5.11. The fraction of sp³-hybridized carbons (Fsp3) is 0.786. The van der Waals surface area contributed by atoms with Crippen LogP contribution < -0.4 is 0 Å². The Morgan fingerprint density at radius 2 is 2.15 bits per heavy atom. The maximum Gasteiger partial charge on any atom is 0.360 e. The van der Waals surface area contributed by atoms with Crippen molar-refractivity contribution in [3.63, 3.8) is 0 Å². The SMILES string of the molecule is Cc1c(C(=O)OCC(C)C)nnn1CC1CCOCC1. The van der Waals surface area contributed by atoms with E-state index in [0.29, 0.717) is 24.1 Å². The van der Waals surface area contributed by atoms with Gasteiger partial charge in [0.15, 0.2) is 5.69 Å². The van der Waals surface area contributed by atoms with Crippen molar-refractivity contribution in [3.8, 4) is 0 Å². The molecule has 0 spiro atoms. The van der Waals surface area contributed by atoms with E-state index in [1.807, 2.05) is 25.5 Å². The Hall–Kier alpha value is -1.43. The predicted octanol–water partition coefficient (Wildman–Crippen LogP) is 1.83. The van der Waals surface area contributed by atoms with Gasteiger partial charge in [0.25, 0.3) is 0 Å². The average molecular weight is 281 g/mol. The van der Waals surface area contributed by atoms with Crippen LogP contribution in [-0.2, 0) is 16.0 Å². The van der Waals surface area contributed by atoms with Crippen LogP contribution in [0, 0.1) is 18.8 Å². The first-order valence-electron chi connectivity index (χ1n) is 7.23. The molecule has 0 saturated carbocycles. The molecule has 0 bridgehead atoms. The van der Waals surface area contributed by atoms with Crippen LogP contribution >= 0.6 is 0 Å². The van der Waals surface area contributed by atoms with Gasteiger partial charge in [0.05, 0.1) is 12.3 Å². The van der Waals surface area contributed by atoms with Crippen molar-refractivity contribution in [2.75, 3.05) is 19.8 Å². The predicted molar refractivity (Wildman–Crippen MR) is 73.4 cm³/mol. The Morgan fingerprint density at radius 1 is 1.45 bits per heavy atom. The van der Waals surface area contributed by atoms with Gasteiger partial charge in [0, 0.05) is 19.8 Å². The largest absolute Gasteiger partial charge is 0.461 e. The fourth-order valence-corrected chi connectivity index (χ4v) is 2.21. The topological polar surface area (TPSA) is 66.2 Å². The van der Waals surface area contributed by atoms with E-state index in [1.54, 1.807) is 0 Å². The fourth-order valence-electron chi connectivity index (χ4n) is 2.21. The molecule has 1 aromatic heterocycles. The molecule has 0 amide bonds. The zero-order valence-corrected chi connectivity index (χ0v) is 12.5. The number of carbonyl (C=O) groups is 1. The third kappa shape index (κ3) is 3.79. The molecule has 6 nitrogen and oxygen atoms in total. The monoisotopic (exact) mass is 281 g/mol. The van der Waals surface area contributed by atoms with E-state index in [4.69, 9.17) is 9.47 Å². The molecular weight excluding hydrogens is 258 g/mol. The van der Waals surface area contributed by atoms with Gasteiger partial charge < -0.3 is 9.47 Å². The van der Waals surface area contributed by atoms with Crippen LogP contribution in [-0.4, -0.2) is 40.8 Å². The van der Waals surface area contributed by atoms with Crippen LogP contribution in [0.3, 0.4) is 0 Å². The Bertz CT molecular complexity index is 451. The van der Waals surface area contributed by atoms with E-state index in [-0.39, 0.29) is 5.97 Å². The molecule has 1 fully saturated rings. The third-order valence-electron chi connectivity index (χ3n) is 3.50. The number of hydrogen-bond acceptors (Lipinski definition) is 5. The second-order valence-electron chi connectivity index (χ2n) is 5.75. The molecule has 0 N–H and O–H groups in total. The van der Waals surface area contributed by atoms with Crippen LogP contribution in [0.4, 0.5) is 0 Å². The van der Waals surface area contributed by atoms with Crippen LogP contribution in [0.2, 0.25) is 0 Å². The molecular formula is C14H23N3O3. The lowest BCUT2D eigenvalue weighted by atomic mass is 10.0. The van der Waals surface area contributed by atoms with Crippen molar-refractivity contribution in [2.45, 2.75) is 40.2 Å². The summed E-state index contributed by atoms with van der Waals surface area (Å²) >= 11 is 0. The van der Waals surface area contributed by atoms with E-state index in [1.165, 1.54) is 0 Å². The van der Waals surface area contributed by atoms with Gasteiger partial charge >= 0.3 is 5.97 Å². The van der Waals surface area contributed by atoms with Crippen molar-refractivity contribution in [1.29, 1.82) is 0 Å². The molecule has 0 aliphatic carbocycles. The zero-order valence-electron chi connectivity index (χ0n) is 12.5. The molecule has 2 rings (SSSR count). The van der Waals surface area contributed by atoms with Crippen molar-refractivity contribution in [1.82, 2.24) is 15.0 Å². The first kappa shape index (κ1) is 15.0. The van der Waals surface area contributed by atoms with Gasteiger partial charge in [-0.2, -0.15) is 0 Å². The van der Waals surface area contributed by atoms with E-state index in [0.717, 1.165) is 38.3 Å². The summed E-state index contributed by atoms with van der Waals surface area (Å²) in [4.78, 5) is 11.9. The molecule has 0 radical (unpaired) electrons. The van der Waals surface area contributed by atoms with Crippen LogP contribution in [0.1, 0.15) is 42.9 Å². The Labute approximate surface area is 119 Å². The smallest absolute Gasteiger partial charge is 0.360 e. The highest BCUT2D eigenvalue weighted by Crippen LogP contribution is 2.18. The number of carbonyl (C=O) groups excluding carboxylic acids is 1. The summed E-state index contributed by atoms with van der Waals surface area (Å²) in [6.07, 6.45) is 2.07. The van der Waals surface area contributed by atoms with E-state index in [2.05, 4.69) is 10.3 Å². The summed E-state index contributed by atoms with van der Waals surface area (Å²) < 4.78 is 12.4. The Morgan fingerprint density at radius 3 is 2.80 bits per heavy atom. The zero-order chi connectivity index (χ0) is 14.5. The lowest BCUT2D eigenvalue weighted by molar-refractivity contribution is 0.0450. The molecule has 6 heteroatoms. The van der Waals surface area contributed by atoms with Gasteiger partial charge in [0.1, 0.15) is 0 Å². The molecule has 1 aliphatic heterocycles. The lowest BCUT2D eigenvalue weighted by Gasteiger charge is -2.21. The van der Waals surface area contributed by atoms with Gasteiger partial charge in [0.2, 0.25) is 0 Å². The summed E-state index contributed by atoms with van der Waals surface area (Å²) in [5.74, 6) is 0.481. The minimum absolute atomic E-state index is 0.316. The lowest BCUT2D eigenvalue weighted by Crippen LogP contribution is -2.21. The molecule has 1 aliphatic rings. The summed E-state index contributed by atoms with van der Waals surface area (Å²) in [6, 6.07) is 0. The van der Waals surface area contributed by atoms with Gasteiger partial charge in [-0.15, -0.1) is 5.10 Å². The minimum atomic E-state index is -0.380. The normalized spacial score (nSPS) is 16.6. The third-order valence-corrected chi connectivity index (χ3v) is 3.50. The summed E-state index contributed by atoms with van der Waals surface area (Å²) in [6.45, 7) is 8.68. The quantitative estimate of drug-likeness (QED) is 0.770. The van der Waals surface area contributed by atoms with Crippen molar-refractivity contribution < 1.29 is 14.3 Å². The summed E-state index contributed by atoms with van der Waals surface area (Å²) in [5.41, 5.74) is 1.11. The molecule has 0 atom stereocenters.